The second-order valence-corrected chi connectivity index (χ2v) is 4.08. The molecule has 1 unspecified atom stereocenters. The van der Waals surface area contributed by atoms with Crippen LogP contribution in [0.4, 0.5) is 0 Å². The van der Waals surface area contributed by atoms with Crippen molar-refractivity contribution >= 4 is 5.97 Å². The van der Waals surface area contributed by atoms with Crippen molar-refractivity contribution in [3.8, 4) is 5.75 Å². The predicted molar refractivity (Wildman–Crippen MR) is 66.3 cm³/mol. The number of carboxylic acid groups (broad SMARTS) is 1. The van der Waals surface area contributed by atoms with E-state index < -0.39 is 5.97 Å². The van der Waals surface area contributed by atoms with Crippen LogP contribution in [0.25, 0.3) is 0 Å². The van der Waals surface area contributed by atoms with Crippen molar-refractivity contribution in [1.29, 1.82) is 0 Å². The Hall–Kier alpha value is -1.55. The molecule has 0 spiro atoms. The number of carbonyl (C=O) groups is 1. The fourth-order valence-electron chi connectivity index (χ4n) is 1.72. The normalized spacial score (nSPS) is 12.5. The quantitative estimate of drug-likeness (QED) is 0.823. The van der Waals surface area contributed by atoms with Crippen molar-refractivity contribution < 1.29 is 14.6 Å². The lowest BCUT2D eigenvalue weighted by Crippen LogP contribution is -2.22. The molecular weight excluding hydrogens is 218 g/mol. The van der Waals surface area contributed by atoms with E-state index in [0.29, 0.717) is 6.61 Å². The first-order valence-corrected chi connectivity index (χ1v) is 5.65. The van der Waals surface area contributed by atoms with E-state index in [1.54, 1.807) is 0 Å². The number of carboxylic acids is 1. The lowest BCUT2D eigenvalue weighted by atomic mass is 10.0. The largest absolute Gasteiger partial charge is 0.494 e. The van der Waals surface area contributed by atoms with Crippen LogP contribution in [0.15, 0.2) is 24.3 Å². The Labute approximate surface area is 102 Å². The SMILES string of the molecule is CCOc1ccc(C(CC(=O)O)N(C)C)cc1. The summed E-state index contributed by atoms with van der Waals surface area (Å²) < 4.78 is 5.35. The van der Waals surface area contributed by atoms with Crippen LogP contribution < -0.4 is 4.74 Å². The number of aliphatic carboxylic acids is 1. The Balaban J connectivity index is 2.83. The van der Waals surface area contributed by atoms with Gasteiger partial charge in [-0.2, -0.15) is 0 Å². The van der Waals surface area contributed by atoms with Crippen molar-refractivity contribution in [3.63, 3.8) is 0 Å². The Kier molecular flexibility index (Phi) is 4.97. The van der Waals surface area contributed by atoms with Gasteiger partial charge in [-0.05, 0) is 38.7 Å². The van der Waals surface area contributed by atoms with E-state index in [4.69, 9.17) is 9.84 Å². The van der Waals surface area contributed by atoms with Gasteiger partial charge in [-0.1, -0.05) is 12.1 Å². The summed E-state index contributed by atoms with van der Waals surface area (Å²) in [5, 5.41) is 8.88. The molecule has 94 valence electrons. The van der Waals surface area contributed by atoms with Crippen LogP contribution >= 0.6 is 0 Å². The zero-order chi connectivity index (χ0) is 12.8. The number of ether oxygens (including phenoxy) is 1. The van der Waals surface area contributed by atoms with Gasteiger partial charge < -0.3 is 14.7 Å². The number of benzene rings is 1. The molecule has 0 bridgehead atoms. The fraction of sp³-hybridized carbons (Fsp3) is 0.462. The van der Waals surface area contributed by atoms with Gasteiger partial charge in [-0.15, -0.1) is 0 Å². The van der Waals surface area contributed by atoms with E-state index in [-0.39, 0.29) is 12.5 Å². The highest BCUT2D eigenvalue weighted by Crippen LogP contribution is 2.24. The summed E-state index contributed by atoms with van der Waals surface area (Å²) in [6.45, 7) is 2.56. The molecule has 1 atom stereocenters. The minimum Gasteiger partial charge on any atom is -0.494 e. The summed E-state index contributed by atoms with van der Waals surface area (Å²) in [5.74, 6) is 0.0154. The summed E-state index contributed by atoms with van der Waals surface area (Å²) in [4.78, 5) is 12.7. The van der Waals surface area contributed by atoms with E-state index in [2.05, 4.69) is 0 Å². The molecule has 0 heterocycles. The van der Waals surface area contributed by atoms with Gasteiger partial charge in [-0.25, -0.2) is 0 Å². The summed E-state index contributed by atoms with van der Waals surface area (Å²) in [5.41, 5.74) is 0.987. The third-order valence-corrected chi connectivity index (χ3v) is 2.57. The minimum atomic E-state index is -0.794. The van der Waals surface area contributed by atoms with Crippen LogP contribution in [-0.2, 0) is 4.79 Å². The standard InChI is InChI=1S/C13H19NO3/c1-4-17-11-7-5-10(6-8-11)12(14(2)3)9-13(15)16/h5-8,12H,4,9H2,1-3H3,(H,15,16). The van der Waals surface area contributed by atoms with Gasteiger partial charge in [0, 0.05) is 6.04 Å². The number of hydrogen-bond acceptors (Lipinski definition) is 3. The molecule has 0 aliphatic carbocycles. The second kappa shape index (κ2) is 6.25. The highest BCUT2D eigenvalue weighted by Gasteiger charge is 2.17. The van der Waals surface area contributed by atoms with Gasteiger partial charge in [-0.3, -0.25) is 4.79 Å². The molecule has 1 aromatic carbocycles. The van der Waals surface area contributed by atoms with E-state index in [1.165, 1.54) is 0 Å². The molecule has 1 rings (SSSR count). The average molecular weight is 237 g/mol. The Morgan fingerprint density at radius 3 is 2.35 bits per heavy atom. The van der Waals surface area contributed by atoms with Crippen LogP contribution in [0.5, 0.6) is 5.75 Å². The molecule has 1 aromatic rings. The van der Waals surface area contributed by atoms with Gasteiger partial charge in [0.2, 0.25) is 0 Å². The number of rotatable bonds is 6. The molecule has 0 saturated carbocycles. The smallest absolute Gasteiger partial charge is 0.305 e. The molecule has 0 amide bonds. The molecule has 0 radical (unpaired) electrons. The highest BCUT2D eigenvalue weighted by molar-refractivity contribution is 5.68. The third-order valence-electron chi connectivity index (χ3n) is 2.57. The molecular formula is C13H19NO3. The van der Waals surface area contributed by atoms with Gasteiger partial charge in [0.25, 0.3) is 0 Å². The lowest BCUT2D eigenvalue weighted by Gasteiger charge is -2.23. The summed E-state index contributed by atoms with van der Waals surface area (Å²) in [6, 6.07) is 7.47. The van der Waals surface area contributed by atoms with Crippen LogP contribution in [0, 0.1) is 0 Å². The molecule has 0 saturated heterocycles. The van der Waals surface area contributed by atoms with Crippen LogP contribution in [-0.4, -0.2) is 36.7 Å². The Morgan fingerprint density at radius 2 is 1.94 bits per heavy atom. The van der Waals surface area contributed by atoms with Crippen molar-refractivity contribution in [3.05, 3.63) is 29.8 Å². The van der Waals surface area contributed by atoms with Crippen molar-refractivity contribution in [2.75, 3.05) is 20.7 Å². The first-order chi connectivity index (χ1) is 8.04. The molecule has 0 aliphatic heterocycles. The van der Waals surface area contributed by atoms with E-state index >= 15 is 0 Å². The zero-order valence-electron chi connectivity index (χ0n) is 10.5. The predicted octanol–water partition coefficient (Wildman–Crippen LogP) is 2.16. The van der Waals surface area contributed by atoms with Gasteiger partial charge in [0.1, 0.15) is 5.75 Å². The van der Waals surface area contributed by atoms with Crippen molar-refractivity contribution in [1.82, 2.24) is 4.90 Å². The molecule has 1 N–H and O–H groups in total. The summed E-state index contributed by atoms with van der Waals surface area (Å²) >= 11 is 0. The highest BCUT2D eigenvalue weighted by atomic mass is 16.5. The van der Waals surface area contributed by atoms with E-state index in [1.807, 2.05) is 50.2 Å². The van der Waals surface area contributed by atoms with E-state index in [0.717, 1.165) is 11.3 Å². The average Bonchev–Trinajstić information content (AvgIpc) is 2.27. The lowest BCUT2D eigenvalue weighted by molar-refractivity contribution is -0.138. The monoisotopic (exact) mass is 237 g/mol. The van der Waals surface area contributed by atoms with Gasteiger partial charge >= 0.3 is 5.97 Å². The molecule has 17 heavy (non-hydrogen) atoms. The Bertz CT molecular complexity index is 359. The molecule has 0 aromatic heterocycles. The first kappa shape index (κ1) is 13.5. The van der Waals surface area contributed by atoms with Crippen molar-refractivity contribution in [2.24, 2.45) is 0 Å². The van der Waals surface area contributed by atoms with Crippen LogP contribution in [0.1, 0.15) is 24.9 Å². The summed E-state index contributed by atoms with van der Waals surface area (Å²) in [6.07, 6.45) is 0.0982. The molecule has 0 aliphatic rings. The number of hydrogen-bond donors (Lipinski definition) is 1. The topological polar surface area (TPSA) is 49.8 Å². The zero-order valence-corrected chi connectivity index (χ0v) is 10.5. The van der Waals surface area contributed by atoms with Crippen LogP contribution in [0.2, 0.25) is 0 Å². The molecule has 0 fully saturated rings. The van der Waals surface area contributed by atoms with Crippen molar-refractivity contribution in [2.45, 2.75) is 19.4 Å². The third kappa shape index (κ3) is 4.07. The van der Waals surface area contributed by atoms with Crippen LogP contribution in [0.3, 0.4) is 0 Å². The fourth-order valence-corrected chi connectivity index (χ4v) is 1.72. The van der Waals surface area contributed by atoms with Gasteiger partial charge in [0.05, 0.1) is 13.0 Å². The molecule has 4 heteroatoms. The first-order valence-electron chi connectivity index (χ1n) is 5.65. The second-order valence-electron chi connectivity index (χ2n) is 4.08. The minimum absolute atomic E-state index is 0.0982. The van der Waals surface area contributed by atoms with E-state index in [9.17, 15) is 4.79 Å². The Morgan fingerprint density at radius 1 is 1.35 bits per heavy atom. The maximum absolute atomic E-state index is 10.8. The number of nitrogens with zero attached hydrogens (tertiary/aromatic N) is 1. The molecule has 4 nitrogen and oxygen atoms in total. The maximum atomic E-state index is 10.8. The summed E-state index contributed by atoms with van der Waals surface area (Å²) in [7, 11) is 3.76. The van der Waals surface area contributed by atoms with Gasteiger partial charge in [0.15, 0.2) is 0 Å². The maximum Gasteiger partial charge on any atom is 0.305 e.